The average molecular weight is 312 g/mol. The third-order valence-electron chi connectivity index (χ3n) is 4.03. The van der Waals surface area contributed by atoms with E-state index in [1.807, 2.05) is 30.3 Å². The summed E-state index contributed by atoms with van der Waals surface area (Å²) in [5.74, 6) is -0.125. The van der Waals surface area contributed by atoms with E-state index in [2.05, 4.69) is 10.4 Å². The number of benzene rings is 1. The van der Waals surface area contributed by atoms with Gasteiger partial charge in [-0.05, 0) is 31.0 Å². The lowest BCUT2D eigenvalue weighted by Gasteiger charge is -2.33. The molecule has 6 heteroatoms. The fourth-order valence-electron chi connectivity index (χ4n) is 2.83. The van der Waals surface area contributed by atoms with Crippen LogP contribution in [0.15, 0.2) is 47.3 Å². The van der Waals surface area contributed by atoms with Crippen LogP contribution in [-0.4, -0.2) is 39.7 Å². The minimum Gasteiger partial charge on any atom is -0.381 e. The third-order valence-corrected chi connectivity index (χ3v) is 4.03. The summed E-state index contributed by atoms with van der Waals surface area (Å²) in [6.07, 6.45) is 1.97. The van der Waals surface area contributed by atoms with Gasteiger partial charge in [0.2, 0.25) is 0 Å². The highest BCUT2D eigenvalue weighted by Crippen LogP contribution is 2.17. The normalized spacial score (nSPS) is 17.8. The first-order chi connectivity index (χ1) is 11.1. The van der Waals surface area contributed by atoms with E-state index in [1.54, 1.807) is 11.9 Å². The number of hydrogen-bond acceptors (Lipinski definition) is 4. The van der Waals surface area contributed by atoms with Gasteiger partial charge in [0.15, 0.2) is 0 Å². The minimum atomic E-state index is -0.219. The highest BCUT2D eigenvalue weighted by Gasteiger charge is 2.25. The summed E-state index contributed by atoms with van der Waals surface area (Å²) in [4.78, 5) is 25.8. The van der Waals surface area contributed by atoms with Crippen LogP contribution in [0.1, 0.15) is 23.3 Å². The molecule has 3 rings (SSSR count). The summed E-state index contributed by atoms with van der Waals surface area (Å²) < 4.78 is 1.19. The molecule has 1 aliphatic rings. The molecule has 1 N–H and O–H groups in total. The lowest BCUT2D eigenvalue weighted by molar-refractivity contribution is 0.0706. The van der Waals surface area contributed by atoms with Crippen LogP contribution in [0.25, 0.3) is 0 Å². The molecule has 1 aromatic heterocycles. The van der Waals surface area contributed by atoms with Crippen LogP contribution in [0.4, 0.5) is 5.69 Å². The van der Waals surface area contributed by atoms with Crippen molar-refractivity contribution in [3.05, 3.63) is 58.5 Å². The maximum absolute atomic E-state index is 12.6. The van der Waals surface area contributed by atoms with Gasteiger partial charge in [-0.1, -0.05) is 18.2 Å². The highest BCUT2D eigenvalue weighted by atomic mass is 16.2. The lowest BCUT2D eigenvalue weighted by Crippen LogP contribution is -2.45. The fraction of sp³-hybridized carbons (Fsp3) is 0.353. The number of aromatic nitrogens is 2. The largest absolute Gasteiger partial charge is 0.381 e. The van der Waals surface area contributed by atoms with Crippen molar-refractivity contribution >= 4 is 11.6 Å². The first-order valence-electron chi connectivity index (χ1n) is 7.79. The maximum atomic E-state index is 12.6. The number of piperidine rings is 1. The molecule has 0 spiro atoms. The number of carbonyl (C=O) groups is 1. The SMILES string of the molecule is Cn1nc(C(=O)N2CCC[C@H](Nc3ccccc3)C2)ccc1=O. The summed E-state index contributed by atoms with van der Waals surface area (Å²) >= 11 is 0. The first kappa shape index (κ1) is 15.3. The number of aryl methyl sites for hydroxylation is 1. The van der Waals surface area contributed by atoms with Gasteiger partial charge in [-0.3, -0.25) is 9.59 Å². The second-order valence-corrected chi connectivity index (χ2v) is 5.78. The molecule has 120 valence electrons. The molecule has 23 heavy (non-hydrogen) atoms. The number of amides is 1. The van der Waals surface area contributed by atoms with Gasteiger partial charge < -0.3 is 10.2 Å². The van der Waals surface area contributed by atoms with Crippen LogP contribution in [0, 0.1) is 0 Å². The van der Waals surface area contributed by atoms with Crippen molar-refractivity contribution in [3.8, 4) is 0 Å². The molecule has 1 amide bonds. The number of nitrogens with zero attached hydrogens (tertiary/aromatic N) is 3. The Kier molecular flexibility index (Phi) is 4.41. The van der Waals surface area contributed by atoms with Crippen molar-refractivity contribution in [2.45, 2.75) is 18.9 Å². The minimum absolute atomic E-state index is 0.125. The van der Waals surface area contributed by atoms with Gasteiger partial charge in [0.25, 0.3) is 11.5 Å². The third kappa shape index (κ3) is 3.59. The Morgan fingerprint density at radius 3 is 2.74 bits per heavy atom. The molecule has 1 aromatic carbocycles. The van der Waals surface area contributed by atoms with Crippen molar-refractivity contribution in [3.63, 3.8) is 0 Å². The molecule has 6 nitrogen and oxygen atoms in total. The highest BCUT2D eigenvalue weighted by molar-refractivity contribution is 5.92. The summed E-state index contributed by atoms with van der Waals surface area (Å²) in [5.41, 5.74) is 1.16. The first-order valence-corrected chi connectivity index (χ1v) is 7.79. The topological polar surface area (TPSA) is 67.2 Å². The van der Waals surface area contributed by atoms with Crippen molar-refractivity contribution in [2.75, 3.05) is 18.4 Å². The Bertz CT molecular complexity index is 742. The van der Waals surface area contributed by atoms with Crippen LogP contribution in [0.5, 0.6) is 0 Å². The van der Waals surface area contributed by atoms with E-state index in [4.69, 9.17) is 0 Å². The summed E-state index contributed by atoms with van der Waals surface area (Å²) in [6.45, 7) is 1.36. The van der Waals surface area contributed by atoms with E-state index in [-0.39, 0.29) is 17.5 Å². The zero-order chi connectivity index (χ0) is 16.2. The molecule has 0 aliphatic carbocycles. The number of rotatable bonds is 3. The Hall–Kier alpha value is -2.63. The monoisotopic (exact) mass is 312 g/mol. The second-order valence-electron chi connectivity index (χ2n) is 5.78. The Morgan fingerprint density at radius 1 is 1.22 bits per heavy atom. The van der Waals surface area contributed by atoms with Gasteiger partial charge in [-0.2, -0.15) is 5.10 Å². The molecule has 1 saturated heterocycles. The number of anilines is 1. The van der Waals surface area contributed by atoms with E-state index < -0.39 is 0 Å². The van der Waals surface area contributed by atoms with Crippen molar-refractivity contribution in [2.24, 2.45) is 7.05 Å². The molecule has 2 heterocycles. The molecular formula is C17H20N4O2. The number of carbonyl (C=O) groups excluding carboxylic acids is 1. The predicted molar refractivity (Wildman–Crippen MR) is 88.5 cm³/mol. The number of para-hydroxylation sites is 1. The van der Waals surface area contributed by atoms with Gasteiger partial charge in [-0.15, -0.1) is 0 Å². The van der Waals surface area contributed by atoms with Crippen LogP contribution in [0.3, 0.4) is 0 Å². The van der Waals surface area contributed by atoms with Gasteiger partial charge in [0.05, 0.1) is 0 Å². The zero-order valence-electron chi connectivity index (χ0n) is 13.1. The molecule has 2 aromatic rings. The van der Waals surface area contributed by atoms with Crippen LogP contribution in [0.2, 0.25) is 0 Å². The molecular weight excluding hydrogens is 292 g/mol. The Labute approximate surface area is 134 Å². The zero-order valence-corrected chi connectivity index (χ0v) is 13.1. The number of nitrogens with one attached hydrogen (secondary N) is 1. The molecule has 1 aliphatic heterocycles. The van der Waals surface area contributed by atoms with E-state index in [1.165, 1.54) is 16.8 Å². The molecule has 0 bridgehead atoms. The van der Waals surface area contributed by atoms with Crippen LogP contribution >= 0.6 is 0 Å². The Morgan fingerprint density at radius 2 is 2.00 bits per heavy atom. The number of likely N-dealkylation sites (tertiary alicyclic amines) is 1. The van der Waals surface area contributed by atoms with E-state index >= 15 is 0 Å². The van der Waals surface area contributed by atoms with Gasteiger partial charge in [0.1, 0.15) is 5.69 Å². The quantitative estimate of drug-likeness (QED) is 0.932. The van der Waals surface area contributed by atoms with Crippen molar-refractivity contribution in [1.82, 2.24) is 14.7 Å². The summed E-state index contributed by atoms with van der Waals surface area (Å²) in [7, 11) is 1.55. The molecule has 0 radical (unpaired) electrons. The van der Waals surface area contributed by atoms with E-state index in [9.17, 15) is 9.59 Å². The second kappa shape index (κ2) is 6.64. The molecule has 0 saturated carbocycles. The predicted octanol–water partition coefficient (Wildman–Crippen LogP) is 1.50. The average Bonchev–Trinajstić information content (AvgIpc) is 2.58. The molecule has 1 fully saturated rings. The standard InChI is InChI=1S/C17H20N4O2/c1-20-16(22)10-9-15(19-20)17(23)21-11-5-8-14(12-21)18-13-6-3-2-4-7-13/h2-4,6-7,9-10,14,18H,5,8,11-12H2,1H3/t14-/m0/s1. The summed E-state index contributed by atoms with van der Waals surface area (Å²) in [5, 5.41) is 7.52. The van der Waals surface area contributed by atoms with Crippen molar-refractivity contribution in [1.29, 1.82) is 0 Å². The number of hydrogen-bond donors (Lipinski definition) is 1. The fourth-order valence-corrected chi connectivity index (χ4v) is 2.83. The van der Waals surface area contributed by atoms with Crippen LogP contribution in [-0.2, 0) is 7.05 Å². The van der Waals surface area contributed by atoms with Crippen molar-refractivity contribution < 1.29 is 4.79 Å². The lowest BCUT2D eigenvalue weighted by atomic mass is 10.0. The van der Waals surface area contributed by atoms with Crippen LogP contribution < -0.4 is 10.9 Å². The summed E-state index contributed by atoms with van der Waals surface area (Å²) in [6, 6.07) is 13.1. The molecule has 0 unspecified atom stereocenters. The van der Waals surface area contributed by atoms with E-state index in [0.717, 1.165) is 25.1 Å². The molecule has 1 atom stereocenters. The van der Waals surface area contributed by atoms with Gasteiger partial charge in [0, 0.05) is 37.9 Å². The maximum Gasteiger partial charge on any atom is 0.274 e. The van der Waals surface area contributed by atoms with E-state index in [0.29, 0.717) is 12.2 Å². The Balaban J connectivity index is 1.69. The van der Waals surface area contributed by atoms with Gasteiger partial charge >= 0.3 is 0 Å². The smallest absolute Gasteiger partial charge is 0.274 e. The van der Waals surface area contributed by atoms with Gasteiger partial charge in [-0.25, -0.2) is 4.68 Å².